The van der Waals surface area contributed by atoms with Gasteiger partial charge in [-0.3, -0.25) is 4.79 Å². The predicted molar refractivity (Wildman–Crippen MR) is 59.2 cm³/mol. The second-order valence-electron chi connectivity index (χ2n) is 4.70. The molecule has 3 nitrogen and oxygen atoms in total. The summed E-state index contributed by atoms with van der Waals surface area (Å²) in [5.74, 6) is 0.713. The van der Waals surface area contributed by atoms with E-state index in [0.717, 1.165) is 12.7 Å². The average molecular weight is 207 g/mol. The van der Waals surface area contributed by atoms with Crippen LogP contribution in [-0.4, -0.2) is 17.9 Å². The summed E-state index contributed by atoms with van der Waals surface area (Å²) in [6.45, 7) is 7.18. The van der Waals surface area contributed by atoms with Gasteiger partial charge in [0.25, 0.3) is 0 Å². The molecule has 0 fully saturated rings. The maximum absolute atomic E-state index is 10.4. The molecule has 1 aromatic rings. The van der Waals surface area contributed by atoms with Gasteiger partial charge >= 0.3 is 0 Å². The first-order chi connectivity index (χ1) is 7.01. The van der Waals surface area contributed by atoms with E-state index in [2.05, 4.69) is 25.8 Å². The molecule has 0 aliphatic rings. The number of nitrogens with zero attached hydrogens (tertiary/aromatic N) is 1. The summed E-state index contributed by atoms with van der Waals surface area (Å²) in [7, 11) is 0. The van der Waals surface area contributed by atoms with Crippen molar-refractivity contribution >= 4 is 6.29 Å². The van der Waals surface area contributed by atoms with Crippen molar-refractivity contribution in [1.29, 1.82) is 0 Å². The second-order valence-corrected chi connectivity index (χ2v) is 4.70. The van der Waals surface area contributed by atoms with Crippen molar-refractivity contribution in [1.82, 2.24) is 4.98 Å². The molecule has 82 valence electrons. The average Bonchev–Trinajstić information content (AvgIpc) is 2.17. The molecular formula is C12H17NO2. The summed E-state index contributed by atoms with van der Waals surface area (Å²) in [4.78, 5) is 14.3. The van der Waals surface area contributed by atoms with Crippen LogP contribution in [-0.2, 0) is 0 Å². The number of ether oxygens (including phenoxy) is 1. The minimum atomic E-state index is 0.274. The van der Waals surface area contributed by atoms with Gasteiger partial charge in [0.15, 0.2) is 6.29 Å². The third-order valence-corrected chi connectivity index (χ3v) is 2.00. The smallest absolute Gasteiger partial charge is 0.168 e. The van der Waals surface area contributed by atoms with Crippen LogP contribution < -0.4 is 4.74 Å². The molecule has 1 aromatic heterocycles. The number of pyridine rings is 1. The Morgan fingerprint density at radius 2 is 2.13 bits per heavy atom. The number of hydrogen-bond acceptors (Lipinski definition) is 3. The molecule has 0 unspecified atom stereocenters. The predicted octanol–water partition coefficient (Wildman–Crippen LogP) is 2.71. The molecule has 0 aliphatic carbocycles. The van der Waals surface area contributed by atoms with Gasteiger partial charge in [0, 0.05) is 0 Å². The first-order valence-corrected chi connectivity index (χ1v) is 5.05. The van der Waals surface area contributed by atoms with Crippen molar-refractivity contribution in [2.75, 3.05) is 6.61 Å². The fraction of sp³-hybridized carbons (Fsp3) is 0.500. The van der Waals surface area contributed by atoms with Gasteiger partial charge in [-0.05, 0) is 24.0 Å². The molecule has 0 radical (unpaired) electrons. The van der Waals surface area contributed by atoms with Gasteiger partial charge in [-0.25, -0.2) is 4.98 Å². The van der Waals surface area contributed by atoms with Crippen molar-refractivity contribution < 1.29 is 9.53 Å². The van der Waals surface area contributed by atoms with E-state index in [4.69, 9.17) is 4.74 Å². The van der Waals surface area contributed by atoms with Gasteiger partial charge in [-0.2, -0.15) is 0 Å². The minimum absolute atomic E-state index is 0.274. The fourth-order valence-electron chi connectivity index (χ4n) is 1.02. The van der Waals surface area contributed by atoms with Gasteiger partial charge in [0.05, 0.1) is 12.8 Å². The molecule has 0 atom stereocenters. The highest BCUT2D eigenvalue weighted by atomic mass is 16.5. The Kier molecular flexibility index (Phi) is 3.83. The molecule has 1 heterocycles. The van der Waals surface area contributed by atoms with Crippen LogP contribution in [0.2, 0.25) is 0 Å². The van der Waals surface area contributed by atoms with E-state index in [9.17, 15) is 4.79 Å². The Balaban J connectivity index is 2.41. The third-order valence-electron chi connectivity index (χ3n) is 2.00. The van der Waals surface area contributed by atoms with Crippen molar-refractivity contribution in [3.05, 3.63) is 24.0 Å². The van der Waals surface area contributed by atoms with Gasteiger partial charge in [0.1, 0.15) is 11.4 Å². The summed E-state index contributed by atoms with van der Waals surface area (Å²) in [6, 6.07) is 3.42. The highest BCUT2D eigenvalue weighted by molar-refractivity contribution is 5.71. The minimum Gasteiger partial charge on any atom is -0.492 e. The quantitative estimate of drug-likeness (QED) is 0.712. The lowest BCUT2D eigenvalue weighted by molar-refractivity contribution is 0.111. The van der Waals surface area contributed by atoms with Crippen LogP contribution in [0.25, 0.3) is 0 Å². The Hall–Kier alpha value is -1.38. The molecule has 0 aromatic carbocycles. The monoisotopic (exact) mass is 207 g/mol. The van der Waals surface area contributed by atoms with Crippen molar-refractivity contribution in [2.45, 2.75) is 27.2 Å². The maximum Gasteiger partial charge on any atom is 0.168 e. The summed E-state index contributed by atoms with van der Waals surface area (Å²) in [5.41, 5.74) is 0.703. The topological polar surface area (TPSA) is 39.2 Å². The molecule has 3 heteroatoms. The fourth-order valence-corrected chi connectivity index (χ4v) is 1.02. The van der Waals surface area contributed by atoms with E-state index >= 15 is 0 Å². The van der Waals surface area contributed by atoms with E-state index < -0.39 is 0 Å². The van der Waals surface area contributed by atoms with Crippen molar-refractivity contribution in [2.24, 2.45) is 5.41 Å². The zero-order valence-electron chi connectivity index (χ0n) is 9.49. The Morgan fingerprint density at radius 1 is 1.40 bits per heavy atom. The highest BCUT2D eigenvalue weighted by Gasteiger charge is 2.09. The van der Waals surface area contributed by atoms with E-state index in [1.165, 1.54) is 0 Å². The second kappa shape index (κ2) is 4.91. The number of hydrogen-bond donors (Lipinski definition) is 0. The molecule has 0 spiro atoms. The van der Waals surface area contributed by atoms with E-state index in [0.29, 0.717) is 18.1 Å². The van der Waals surface area contributed by atoms with Gasteiger partial charge < -0.3 is 4.74 Å². The SMILES string of the molecule is CC(C)(C)CCOc1ccc(C=O)nc1. The number of aldehydes is 1. The molecule has 0 amide bonds. The molecule has 1 rings (SSSR count). The molecule has 0 N–H and O–H groups in total. The van der Waals surface area contributed by atoms with Crippen LogP contribution >= 0.6 is 0 Å². The third kappa shape index (κ3) is 4.58. The lowest BCUT2D eigenvalue weighted by atomic mass is 9.93. The maximum atomic E-state index is 10.4. The summed E-state index contributed by atoms with van der Waals surface area (Å²) in [6.07, 6.45) is 3.29. The van der Waals surface area contributed by atoms with Crippen molar-refractivity contribution in [3.8, 4) is 5.75 Å². The molecule has 0 bridgehead atoms. The zero-order chi connectivity index (χ0) is 11.3. The van der Waals surface area contributed by atoms with Crippen LogP contribution in [0.3, 0.4) is 0 Å². The first-order valence-electron chi connectivity index (χ1n) is 5.05. The highest BCUT2D eigenvalue weighted by Crippen LogP contribution is 2.19. The zero-order valence-corrected chi connectivity index (χ0v) is 9.49. The molecule has 0 saturated carbocycles. The number of carbonyl (C=O) groups is 1. The Bertz CT molecular complexity index is 311. The standard InChI is InChI=1S/C12H17NO2/c1-12(2,3)6-7-15-11-5-4-10(9-14)13-8-11/h4-5,8-9H,6-7H2,1-3H3. The number of carbonyl (C=O) groups excluding carboxylic acids is 1. The van der Waals surface area contributed by atoms with Gasteiger partial charge in [0.2, 0.25) is 0 Å². The summed E-state index contributed by atoms with van der Waals surface area (Å²) in [5, 5.41) is 0. The largest absolute Gasteiger partial charge is 0.492 e. The van der Waals surface area contributed by atoms with Crippen LogP contribution in [0.1, 0.15) is 37.7 Å². The summed E-state index contributed by atoms with van der Waals surface area (Å²) >= 11 is 0. The van der Waals surface area contributed by atoms with Gasteiger partial charge in [-0.15, -0.1) is 0 Å². The van der Waals surface area contributed by atoms with Crippen LogP contribution in [0.5, 0.6) is 5.75 Å². The molecule has 0 saturated heterocycles. The molecular weight excluding hydrogens is 190 g/mol. The lowest BCUT2D eigenvalue weighted by Gasteiger charge is -2.17. The Morgan fingerprint density at radius 3 is 2.60 bits per heavy atom. The normalized spacial score (nSPS) is 11.1. The lowest BCUT2D eigenvalue weighted by Crippen LogP contribution is -2.11. The van der Waals surface area contributed by atoms with Crippen LogP contribution in [0.15, 0.2) is 18.3 Å². The van der Waals surface area contributed by atoms with E-state index in [1.54, 1.807) is 18.3 Å². The number of aromatic nitrogens is 1. The van der Waals surface area contributed by atoms with Crippen molar-refractivity contribution in [3.63, 3.8) is 0 Å². The summed E-state index contributed by atoms with van der Waals surface area (Å²) < 4.78 is 5.50. The molecule has 15 heavy (non-hydrogen) atoms. The van der Waals surface area contributed by atoms with Gasteiger partial charge in [-0.1, -0.05) is 20.8 Å². The van der Waals surface area contributed by atoms with E-state index in [-0.39, 0.29) is 5.41 Å². The van der Waals surface area contributed by atoms with Crippen LogP contribution in [0.4, 0.5) is 0 Å². The Labute approximate surface area is 90.5 Å². The van der Waals surface area contributed by atoms with E-state index in [1.807, 2.05) is 0 Å². The van der Waals surface area contributed by atoms with Crippen LogP contribution in [0, 0.1) is 5.41 Å². The number of rotatable bonds is 4. The molecule has 0 aliphatic heterocycles. The first kappa shape index (κ1) is 11.7.